The summed E-state index contributed by atoms with van der Waals surface area (Å²) < 4.78 is 16.9. The Morgan fingerprint density at radius 2 is 1.71 bits per heavy atom. The molecule has 2 aromatic carbocycles. The molecule has 0 saturated carbocycles. The molecular formula is C20H20O4. The molecule has 0 aliphatic carbocycles. The standard InChI is InChI=1S/C20H20O4/c1-4-22-17-7-5-6-8-18(17)23-12-15-11-19(21)24-20-14(3)13(2)9-10-16(15)20/h5-11H,4,12H2,1-3H3. The molecule has 4 nitrogen and oxygen atoms in total. The van der Waals surface area contributed by atoms with Gasteiger partial charge in [0, 0.05) is 17.0 Å². The van der Waals surface area contributed by atoms with Crippen molar-refractivity contribution in [2.45, 2.75) is 27.4 Å². The number of hydrogen-bond acceptors (Lipinski definition) is 4. The quantitative estimate of drug-likeness (QED) is 0.653. The van der Waals surface area contributed by atoms with Gasteiger partial charge >= 0.3 is 5.63 Å². The molecule has 0 atom stereocenters. The summed E-state index contributed by atoms with van der Waals surface area (Å²) in [6, 6.07) is 13.0. The summed E-state index contributed by atoms with van der Waals surface area (Å²) in [5.74, 6) is 1.35. The second kappa shape index (κ2) is 6.79. The minimum absolute atomic E-state index is 0.273. The van der Waals surface area contributed by atoms with Crippen LogP contribution in [0.2, 0.25) is 0 Å². The molecule has 0 N–H and O–H groups in total. The molecule has 3 aromatic rings. The summed E-state index contributed by atoms with van der Waals surface area (Å²) in [5, 5.41) is 0.895. The van der Waals surface area contributed by atoms with E-state index in [1.807, 2.05) is 57.2 Å². The lowest BCUT2D eigenvalue weighted by atomic mass is 10.0. The van der Waals surface area contributed by atoms with Gasteiger partial charge < -0.3 is 13.9 Å². The number of para-hydroxylation sites is 2. The number of benzene rings is 2. The van der Waals surface area contributed by atoms with Gasteiger partial charge in [-0.05, 0) is 44.0 Å². The fourth-order valence-electron chi connectivity index (χ4n) is 2.64. The highest BCUT2D eigenvalue weighted by molar-refractivity contribution is 5.83. The van der Waals surface area contributed by atoms with E-state index >= 15 is 0 Å². The molecule has 0 amide bonds. The maximum atomic E-state index is 11.9. The van der Waals surface area contributed by atoms with E-state index in [2.05, 4.69) is 0 Å². The maximum Gasteiger partial charge on any atom is 0.336 e. The van der Waals surface area contributed by atoms with Gasteiger partial charge in [-0.3, -0.25) is 0 Å². The molecule has 0 aliphatic heterocycles. The van der Waals surface area contributed by atoms with E-state index in [0.717, 1.165) is 22.1 Å². The monoisotopic (exact) mass is 324 g/mol. The van der Waals surface area contributed by atoms with Crippen LogP contribution in [-0.4, -0.2) is 6.61 Å². The largest absolute Gasteiger partial charge is 0.490 e. The zero-order valence-electron chi connectivity index (χ0n) is 14.1. The predicted octanol–water partition coefficient (Wildman–Crippen LogP) is 4.39. The topological polar surface area (TPSA) is 48.7 Å². The van der Waals surface area contributed by atoms with Crippen molar-refractivity contribution in [1.29, 1.82) is 0 Å². The third-order valence-electron chi connectivity index (χ3n) is 4.05. The molecule has 4 heteroatoms. The lowest BCUT2D eigenvalue weighted by Crippen LogP contribution is -2.06. The minimum atomic E-state index is -0.368. The molecular weight excluding hydrogens is 304 g/mol. The smallest absolute Gasteiger partial charge is 0.336 e. The van der Waals surface area contributed by atoms with Gasteiger partial charge in [-0.1, -0.05) is 24.3 Å². The van der Waals surface area contributed by atoms with E-state index in [9.17, 15) is 4.79 Å². The second-order valence-electron chi connectivity index (χ2n) is 5.64. The average Bonchev–Trinajstić information content (AvgIpc) is 2.58. The summed E-state index contributed by atoms with van der Waals surface area (Å²) >= 11 is 0. The molecule has 124 valence electrons. The highest BCUT2D eigenvalue weighted by atomic mass is 16.5. The van der Waals surface area contributed by atoms with Gasteiger partial charge in [0.2, 0.25) is 0 Å². The van der Waals surface area contributed by atoms with Crippen molar-refractivity contribution < 1.29 is 13.9 Å². The number of aryl methyl sites for hydroxylation is 2. The normalized spacial score (nSPS) is 10.8. The molecule has 0 spiro atoms. The molecule has 0 unspecified atom stereocenters. The van der Waals surface area contributed by atoms with Crippen LogP contribution in [0.25, 0.3) is 11.0 Å². The Morgan fingerprint density at radius 1 is 1.00 bits per heavy atom. The lowest BCUT2D eigenvalue weighted by Gasteiger charge is -2.13. The first-order valence-corrected chi connectivity index (χ1v) is 7.97. The molecule has 0 radical (unpaired) electrons. The molecule has 24 heavy (non-hydrogen) atoms. The Bertz CT molecular complexity index is 925. The van der Waals surface area contributed by atoms with Crippen molar-refractivity contribution in [3.05, 3.63) is 69.6 Å². The van der Waals surface area contributed by atoms with Gasteiger partial charge in [-0.2, -0.15) is 0 Å². The molecule has 0 fully saturated rings. The summed E-state index contributed by atoms with van der Waals surface area (Å²) in [4.78, 5) is 11.9. The van der Waals surface area contributed by atoms with E-state index < -0.39 is 0 Å². The van der Waals surface area contributed by atoms with Crippen LogP contribution in [0.4, 0.5) is 0 Å². The first kappa shape index (κ1) is 16.1. The number of rotatable bonds is 5. The van der Waals surface area contributed by atoms with Gasteiger partial charge in [0.05, 0.1) is 6.61 Å². The highest BCUT2D eigenvalue weighted by Gasteiger charge is 2.11. The third-order valence-corrected chi connectivity index (χ3v) is 4.05. The predicted molar refractivity (Wildman–Crippen MR) is 93.9 cm³/mol. The maximum absolute atomic E-state index is 11.9. The average molecular weight is 324 g/mol. The zero-order valence-corrected chi connectivity index (χ0v) is 14.1. The van der Waals surface area contributed by atoms with E-state index in [1.165, 1.54) is 6.07 Å². The second-order valence-corrected chi connectivity index (χ2v) is 5.64. The van der Waals surface area contributed by atoms with Gasteiger partial charge in [0.1, 0.15) is 12.2 Å². The number of fused-ring (bicyclic) bond motifs is 1. The van der Waals surface area contributed by atoms with Crippen LogP contribution < -0.4 is 15.1 Å². The van der Waals surface area contributed by atoms with Crippen molar-refractivity contribution >= 4 is 11.0 Å². The highest BCUT2D eigenvalue weighted by Crippen LogP contribution is 2.29. The molecule has 0 saturated heterocycles. The molecule has 0 aliphatic rings. The molecule has 0 bridgehead atoms. The van der Waals surface area contributed by atoms with Crippen LogP contribution in [0.3, 0.4) is 0 Å². The van der Waals surface area contributed by atoms with Crippen LogP contribution in [0.5, 0.6) is 11.5 Å². The van der Waals surface area contributed by atoms with Crippen molar-refractivity contribution in [2.75, 3.05) is 6.61 Å². The Hall–Kier alpha value is -2.75. The van der Waals surface area contributed by atoms with E-state index in [-0.39, 0.29) is 12.2 Å². The van der Waals surface area contributed by atoms with Gasteiger partial charge in [-0.25, -0.2) is 4.79 Å². The van der Waals surface area contributed by atoms with Crippen molar-refractivity contribution in [1.82, 2.24) is 0 Å². The van der Waals surface area contributed by atoms with E-state index in [1.54, 1.807) is 0 Å². The van der Waals surface area contributed by atoms with Crippen LogP contribution in [0.1, 0.15) is 23.6 Å². The fraction of sp³-hybridized carbons (Fsp3) is 0.250. The van der Waals surface area contributed by atoms with Crippen LogP contribution >= 0.6 is 0 Å². The van der Waals surface area contributed by atoms with Crippen LogP contribution in [0, 0.1) is 13.8 Å². The molecule has 1 aromatic heterocycles. The summed E-state index contributed by atoms with van der Waals surface area (Å²) in [6.45, 7) is 6.72. The Balaban J connectivity index is 1.97. The van der Waals surface area contributed by atoms with Gasteiger partial charge in [0.15, 0.2) is 11.5 Å². The number of hydrogen-bond donors (Lipinski definition) is 0. The Kier molecular flexibility index (Phi) is 4.56. The van der Waals surface area contributed by atoms with E-state index in [4.69, 9.17) is 13.9 Å². The Morgan fingerprint density at radius 3 is 2.42 bits per heavy atom. The van der Waals surface area contributed by atoms with Crippen LogP contribution in [0.15, 0.2) is 51.7 Å². The van der Waals surface area contributed by atoms with Crippen LogP contribution in [-0.2, 0) is 6.61 Å². The first-order chi connectivity index (χ1) is 11.6. The SMILES string of the molecule is CCOc1ccccc1OCc1cc(=O)oc2c(C)c(C)ccc12. The zero-order chi connectivity index (χ0) is 17.1. The van der Waals surface area contributed by atoms with Crippen molar-refractivity contribution in [3.63, 3.8) is 0 Å². The lowest BCUT2D eigenvalue weighted by molar-refractivity contribution is 0.269. The first-order valence-electron chi connectivity index (χ1n) is 7.97. The third kappa shape index (κ3) is 3.13. The minimum Gasteiger partial charge on any atom is -0.490 e. The molecule has 1 heterocycles. The van der Waals surface area contributed by atoms with E-state index in [0.29, 0.717) is 23.7 Å². The fourth-order valence-corrected chi connectivity index (χ4v) is 2.64. The summed E-state index contributed by atoms with van der Waals surface area (Å²) in [7, 11) is 0. The van der Waals surface area contributed by atoms with Gasteiger partial charge in [-0.15, -0.1) is 0 Å². The van der Waals surface area contributed by atoms with Gasteiger partial charge in [0.25, 0.3) is 0 Å². The summed E-state index contributed by atoms with van der Waals surface area (Å²) in [6.07, 6.45) is 0. The summed E-state index contributed by atoms with van der Waals surface area (Å²) in [5.41, 5.74) is 3.12. The number of ether oxygens (including phenoxy) is 2. The molecule has 3 rings (SSSR count). The van der Waals surface area contributed by atoms with Crippen molar-refractivity contribution in [2.24, 2.45) is 0 Å². The van der Waals surface area contributed by atoms with Crippen molar-refractivity contribution in [3.8, 4) is 11.5 Å². The Labute approximate surface area is 140 Å².